The lowest BCUT2D eigenvalue weighted by molar-refractivity contribution is 0.102. The minimum Gasteiger partial charge on any atom is -0.358 e. The van der Waals surface area contributed by atoms with E-state index in [0.29, 0.717) is 11.3 Å². The van der Waals surface area contributed by atoms with Crippen LogP contribution in [0.5, 0.6) is 0 Å². The number of pyridine rings is 1. The molecule has 0 radical (unpaired) electrons. The first kappa shape index (κ1) is 13.4. The first-order chi connectivity index (χ1) is 10.0. The van der Waals surface area contributed by atoms with Gasteiger partial charge in [-0.05, 0) is 56.2 Å². The van der Waals surface area contributed by atoms with Crippen molar-refractivity contribution in [2.75, 3.05) is 5.32 Å². The smallest absolute Gasteiger partial charge is 0.255 e. The van der Waals surface area contributed by atoms with Crippen LogP contribution in [0.4, 0.5) is 5.69 Å². The number of aromatic nitrogens is 2. The summed E-state index contributed by atoms with van der Waals surface area (Å²) < 4.78 is 0. The van der Waals surface area contributed by atoms with Crippen molar-refractivity contribution in [1.82, 2.24) is 9.97 Å². The van der Waals surface area contributed by atoms with Crippen molar-refractivity contribution < 1.29 is 4.79 Å². The Morgan fingerprint density at radius 3 is 2.71 bits per heavy atom. The van der Waals surface area contributed by atoms with E-state index in [0.717, 1.165) is 22.2 Å². The molecule has 0 atom stereocenters. The molecule has 1 aromatic carbocycles. The van der Waals surface area contributed by atoms with E-state index in [1.807, 2.05) is 38.1 Å². The van der Waals surface area contributed by atoms with Gasteiger partial charge < -0.3 is 10.3 Å². The summed E-state index contributed by atoms with van der Waals surface area (Å²) in [6.07, 6.45) is 3.41. The second-order valence-corrected chi connectivity index (χ2v) is 5.34. The SMILES string of the molecule is Cc1cncc(NC(=O)c2ccc3[nH]c(C)c(C)c3c2)c1. The minimum absolute atomic E-state index is 0.123. The van der Waals surface area contributed by atoms with E-state index in [1.165, 1.54) is 5.56 Å². The molecule has 2 N–H and O–H groups in total. The monoisotopic (exact) mass is 279 g/mol. The molecule has 106 valence electrons. The molecule has 2 aromatic heterocycles. The lowest BCUT2D eigenvalue weighted by atomic mass is 10.1. The molecule has 4 nitrogen and oxygen atoms in total. The van der Waals surface area contributed by atoms with E-state index in [2.05, 4.69) is 22.2 Å². The fourth-order valence-electron chi connectivity index (χ4n) is 2.43. The van der Waals surface area contributed by atoms with Gasteiger partial charge >= 0.3 is 0 Å². The molecule has 4 heteroatoms. The zero-order valence-corrected chi connectivity index (χ0v) is 12.3. The molecule has 0 saturated heterocycles. The average Bonchev–Trinajstić information content (AvgIpc) is 2.74. The average molecular weight is 279 g/mol. The number of carbonyl (C=O) groups excluding carboxylic acids is 1. The lowest BCUT2D eigenvalue weighted by Gasteiger charge is -2.06. The van der Waals surface area contributed by atoms with E-state index in [4.69, 9.17) is 0 Å². The van der Waals surface area contributed by atoms with E-state index >= 15 is 0 Å². The standard InChI is InChI=1S/C17H17N3O/c1-10-6-14(9-18-8-10)20-17(21)13-4-5-16-15(7-13)11(2)12(3)19-16/h4-9,19H,1-3H3,(H,20,21). The molecular formula is C17H17N3O. The Morgan fingerprint density at radius 2 is 1.95 bits per heavy atom. The van der Waals surface area contributed by atoms with Gasteiger partial charge in [0.2, 0.25) is 0 Å². The summed E-state index contributed by atoms with van der Waals surface area (Å²) in [6.45, 7) is 6.04. The molecule has 0 aliphatic rings. The number of anilines is 1. The Labute approximate surface area is 123 Å². The zero-order chi connectivity index (χ0) is 15.0. The summed E-state index contributed by atoms with van der Waals surface area (Å²) in [5.74, 6) is -0.123. The largest absolute Gasteiger partial charge is 0.358 e. The minimum atomic E-state index is -0.123. The number of aromatic amines is 1. The topological polar surface area (TPSA) is 57.8 Å². The van der Waals surface area contributed by atoms with Gasteiger partial charge in [-0.15, -0.1) is 0 Å². The predicted octanol–water partition coefficient (Wildman–Crippen LogP) is 3.74. The van der Waals surface area contributed by atoms with Gasteiger partial charge in [-0.1, -0.05) is 0 Å². The van der Waals surface area contributed by atoms with Crippen LogP contribution in [0.2, 0.25) is 0 Å². The van der Waals surface area contributed by atoms with Crippen molar-refractivity contribution >= 4 is 22.5 Å². The number of hydrogen-bond donors (Lipinski definition) is 2. The summed E-state index contributed by atoms with van der Waals surface area (Å²) in [5.41, 5.74) is 5.73. The van der Waals surface area contributed by atoms with Crippen molar-refractivity contribution in [2.45, 2.75) is 20.8 Å². The number of rotatable bonds is 2. The van der Waals surface area contributed by atoms with Crippen molar-refractivity contribution in [3.8, 4) is 0 Å². The van der Waals surface area contributed by atoms with E-state index < -0.39 is 0 Å². The number of benzene rings is 1. The predicted molar refractivity (Wildman–Crippen MR) is 84.7 cm³/mol. The third kappa shape index (κ3) is 2.52. The van der Waals surface area contributed by atoms with Gasteiger partial charge in [-0.25, -0.2) is 0 Å². The van der Waals surface area contributed by atoms with Crippen molar-refractivity contribution in [1.29, 1.82) is 0 Å². The van der Waals surface area contributed by atoms with Crippen LogP contribution in [-0.2, 0) is 0 Å². The summed E-state index contributed by atoms with van der Waals surface area (Å²) in [4.78, 5) is 19.7. The lowest BCUT2D eigenvalue weighted by Crippen LogP contribution is -2.12. The molecule has 3 rings (SSSR count). The van der Waals surface area contributed by atoms with E-state index in [-0.39, 0.29) is 5.91 Å². The first-order valence-electron chi connectivity index (χ1n) is 6.86. The molecule has 0 bridgehead atoms. The van der Waals surface area contributed by atoms with Crippen LogP contribution in [0.1, 0.15) is 27.2 Å². The van der Waals surface area contributed by atoms with Crippen LogP contribution in [0, 0.1) is 20.8 Å². The van der Waals surface area contributed by atoms with Crippen molar-refractivity contribution in [3.63, 3.8) is 0 Å². The Balaban J connectivity index is 1.92. The van der Waals surface area contributed by atoms with Crippen molar-refractivity contribution in [2.24, 2.45) is 0 Å². The second kappa shape index (κ2) is 5.05. The maximum atomic E-state index is 12.3. The number of fused-ring (bicyclic) bond motifs is 1. The van der Waals surface area contributed by atoms with Crippen molar-refractivity contribution in [3.05, 3.63) is 59.0 Å². The second-order valence-electron chi connectivity index (χ2n) is 5.34. The number of carbonyl (C=O) groups is 1. The summed E-state index contributed by atoms with van der Waals surface area (Å²) in [5, 5.41) is 3.96. The molecule has 0 saturated carbocycles. The Kier molecular flexibility index (Phi) is 3.22. The van der Waals surface area contributed by atoms with Crippen LogP contribution in [0.25, 0.3) is 10.9 Å². The third-order valence-corrected chi connectivity index (χ3v) is 3.70. The molecule has 2 heterocycles. The molecule has 0 unspecified atom stereocenters. The molecule has 21 heavy (non-hydrogen) atoms. The van der Waals surface area contributed by atoms with Gasteiger partial charge in [0.25, 0.3) is 5.91 Å². The van der Waals surface area contributed by atoms with E-state index in [9.17, 15) is 4.79 Å². The summed E-state index contributed by atoms with van der Waals surface area (Å²) in [6, 6.07) is 7.59. The molecule has 3 aromatic rings. The Hall–Kier alpha value is -2.62. The maximum Gasteiger partial charge on any atom is 0.255 e. The number of aryl methyl sites for hydroxylation is 3. The van der Waals surface area contributed by atoms with Gasteiger partial charge in [0.15, 0.2) is 0 Å². The highest BCUT2D eigenvalue weighted by Gasteiger charge is 2.10. The Bertz CT molecular complexity index is 833. The summed E-state index contributed by atoms with van der Waals surface area (Å²) in [7, 11) is 0. The molecule has 0 aliphatic carbocycles. The molecule has 0 fully saturated rings. The van der Waals surface area contributed by atoms with Crippen LogP contribution in [-0.4, -0.2) is 15.9 Å². The van der Waals surface area contributed by atoms with Gasteiger partial charge in [0, 0.05) is 28.4 Å². The molecule has 0 aliphatic heterocycles. The van der Waals surface area contributed by atoms with E-state index in [1.54, 1.807) is 12.4 Å². The first-order valence-corrected chi connectivity index (χ1v) is 6.86. The number of H-pyrrole nitrogens is 1. The third-order valence-electron chi connectivity index (χ3n) is 3.70. The zero-order valence-electron chi connectivity index (χ0n) is 12.3. The highest BCUT2D eigenvalue weighted by molar-refractivity contribution is 6.06. The van der Waals surface area contributed by atoms with Crippen LogP contribution < -0.4 is 5.32 Å². The number of amides is 1. The normalized spacial score (nSPS) is 10.8. The van der Waals surface area contributed by atoms with Crippen LogP contribution in [0.3, 0.4) is 0 Å². The van der Waals surface area contributed by atoms with Gasteiger partial charge in [0.05, 0.1) is 11.9 Å². The quantitative estimate of drug-likeness (QED) is 0.750. The van der Waals surface area contributed by atoms with Gasteiger partial charge in [-0.3, -0.25) is 9.78 Å². The maximum absolute atomic E-state index is 12.3. The van der Waals surface area contributed by atoms with Gasteiger partial charge in [-0.2, -0.15) is 0 Å². The number of nitrogens with zero attached hydrogens (tertiary/aromatic N) is 1. The highest BCUT2D eigenvalue weighted by Crippen LogP contribution is 2.22. The van der Waals surface area contributed by atoms with Crippen LogP contribution >= 0.6 is 0 Å². The molecule has 1 amide bonds. The number of hydrogen-bond acceptors (Lipinski definition) is 2. The highest BCUT2D eigenvalue weighted by atomic mass is 16.1. The summed E-state index contributed by atoms with van der Waals surface area (Å²) >= 11 is 0. The van der Waals surface area contributed by atoms with Gasteiger partial charge in [0.1, 0.15) is 0 Å². The molecular weight excluding hydrogens is 262 g/mol. The fourth-order valence-corrected chi connectivity index (χ4v) is 2.43. The fraction of sp³-hybridized carbons (Fsp3) is 0.176. The van der Waals surface area contributed by atoms with Crippen LogP contribution in [0.15, 0.2) is 36.7 Å². The Morgan fingerprint density at radius 1 is 1.14 bits per heavy atom. The number of nitrogens with one attached hydrogen (secondary N) is 2. The molecule has 0 spiro atoms.